The van der Waals surface area contributed by atoms with Gasteiger partial charge in [0.1, 0.15) is 22.9 Å². The number of carbonyl (C=O) groups is 1. The zero-order valence-electron chi connectivity index (χ0n) is 18.7. The van der Waals surface area contributed by atoms with E-state index >= 15 is 0 Å². The number of anilines is 2. The van der Waals surface area contributed by atoms with Gasteiger partial charge in [-0.05, 0) is 68.1 Å². The van der Waals surface area contributed by atoms with E-state index in [4.69, 9.17) is 4.74 Å². The van der Waals surface area contributed by atoms with Gasteiger partial charge in [-0.25, -0.2) is 14.4 Å². The van der Waals surface area contributed by atoms with E-state index in [2.05, 4.69) is 25.6 Å². The number of aromatic nitrogens is 3. The number of pyridine rings is 1. The molecule has 172 valence electrons. The van der Waals surface area contributed by atoms with Gasteiger partial charge in [0, 0.05) is 38.6 Å². The summed E-state index contributed by atoms with van der Waals surface area (Å²) < 4.78 is 18.9. The number of halogens is 1. The molecule has 2 aromatic heterocycles. The van der Waals surface area contributed by atoms with Crippen LogP contribution >= 0.6 is 0 Å². The minimum atomic E-state index is -0.358. The fourth-order valence-electron chi connectivity index (χ4n) is 3.75. The molecule has 1 aromatic carbocycles. The fourth-order valence-corrected chi connectivity index (χ4v) is 3.75. The lowest BCUT2D eigenvalue weighted by atomic mass is 9.91. The Morgan fingerprint density at radius 1 is 1.00 bits per heavy atom. The van der Waals surface area contributed by atoms with Crippen LogP contribution in [0.1, 0.15) is 36.0 Å². The summed E-state index contributed by atoms with van der Waals surface area (Å²) in [6.45, 7) is 0. The molecule has 0 unspecified atom stereocenters. The number of hydrogen-bond donors (Lipinski definition) is 2. The van der Waals surface area contributed by atoms with Crippen molar-refractivity contribution in [2.45, 2.75) is 37.8 Å². The molecule has 0 atom stereocenters. The molecule has 1 saturated carbocycles. The molecule has 1 fully saturated rings. The van der Waals surface area contributed by atoms with Gasteiger partial charge in [0.25, 0.3) is 5.91 Å². The van der Waals surface area contributed by atoms with Crippen LogP contribution in [0.4, 0.5) is 16.2 Å². The third-order valence-electron chi connectivity index (χ3n) is 5.54. The van der Waals surface area contributed by atoms with Crippen LogP contribution in [0.3, 0.4) is 0 Å². The average molecular weight is 451 g/mol. The molecule has 0 aliphatic heterocycles. The summed E-state index contributed by atoms with van der Waals surface area (Å²) in [6, 6.07) is 11.1. The fraction of sp³-hybridized carbons (Fsp3) is 0.333. The maximum Gasteiger partial charge on any atom is 0.257 e. The van der Waals surface area contributed by atoms with E-state index in [1.807, 2.05) is 25.1 Å². The Kier molecular flexibility index (Phi) is 6.97. The first-order valence-electron chi connectivity index (χ1n) is 10.9. The molecule has 1 amide bonds. The quantitative estimate of drug-likeness (QED) is 0.562. The summed E-state index contributed by atoms with van der Waals surface area (Å²) in [5.74, 6) is 1.48. The Morgan fingerprint density at radius 3 is 2.45 bits per heavy atom. The predicted molar refractivity (Wildman–Crippen MR) is 124 cm³/mol. The second-order valence-electron chi connectivity index (χ2n) is 8.21. The van der Waals surface area contributed by atoms with Crippen molar-refractivity contribution in [1.82, 2.24) is 20.3 Å². The van der Waals surface area contributed by atoms with E-state index in [9.17, 15) is 9.18 Å². The number of carbonyl (C=O) groups excluding carboxylic acids is 1. The zero-order valence-corrected chi connectivity index (χ0v) is 18.7. The summed E-state index contributed by atoms with van der Waals surface area (Å²) in [5.41, 5.74) is 0.343. The van der Waals surface area contributed by atoms with Crippen LogP contribution in [0.2, 0.25) is 0 Å². The van der Waals surface area contributed by atoms with E-state index in [0.29, 0.717) is 17.3 Å². The Hall–Kier alpha value is -3.75. The number of benzene rings is 1. The predicted octanol–water partition coefficient (Wildman–Crippen LogP) is 4.02. The lowest BCUT2D eigenvalue weighted by molar-refractivity contribution is 0.0923. The van der Waals surface area contributed by atoms with E-state index in [1.165, 1.54) is 24.3 Å². The third kappa shape index (κ3) is 5.94. The highest BCUT2D eigenvalue weighted by Crippen LogP contribution is 2.25. The van der Waals surface area contributed by atoms with Gasteiger partial charge < -0.3 is 20.3 Å². The van der Waals surface area contributed by atoms with Gasteiger partial charge in [0.15, 0.2) is 0 Å². The van der Waals surface area contributed by atoms with Crippen molar-refractivity contribution in [2.24, 2.45) is 0 Å². The van der Waals surface area contributed by atoms with Crippen LogP contribution < -0.4 is 20.3 Å². The monoisotopic (exact) mass is 450 g/mol. The lowest BCUT2D eigenvalue weighted by Gasteiger charge is -2.30. The Morgan fingerprint density at radius 2 is 1.73 bits per heavy atom. The summed E-state index contributed by atoms with van der Waals surface area (Å²) in [5, 5.41) is 6.50. The normalized spacial score (nSPS) is 17.8. The number of amides is 1. The third-order valence-corrected chi connectivity index (χ3v) is 5.54. The molecule has 33 heavy (non-hydrogen) atoms. The highest BCUT2D eigenvalue weighted by atomic mass is 19.1. The minimum Gasteiger partial charge on any atom is -0.438 e. The minimum absolute atomic E-state index is 0.0588. The van der Waals surface area contributed by atoms with Crippen LogP contribution in [0.25, 0.3) is 0 Å². The first-order chi connectivity index (χ1) is 16.0. The SMILES string of the molecule is CN(C)c1ccnc(NC2CCC(NC(=O)c3cccnc3Oc3ccc(F)cc3)CC2)n1. The number of ether oxygens (including phenoxy) is 1. The summed E-state index contributed by atoms with van der Waals surface area (Å²) >= 11 is 0. The molecular formula is C24H27FN6O2. The molecule has 0 radical (unpaired) electrons. The molecule has 2 N–H and O–H groups in total. The molecule has 2 heterocycles. The van der Waals surface area contributed by atoms with Crippen molar-refractivity contribution in [2.75, 3.05) is 24.3 Å². The van der Waals surface area contributed by atoms with Crippen molar-refractivity contribution in [3.63, 3.8) is 0 Å². The van der Waals surface area contributed by atoms with Crippen LogP contribution in [-0.2, 0) is 0 Å². The Balaban J connectivity index is 1.32. The lowest BCUT2D eigenvalue weighted by Crippen LogP contribution is -2.40. The maximum absolute atomic E-state index is 13.1. The second kappa shape index (κ2) is 10.2. The molecular weight excluding hydrogens is 423 g/mol. The van der Waals surface area contributed by atoms with Crippen molar-refractivity contribution in [3.05, 3.63) is 66.2 Å². The molecule has 0 spiro atoms. The first-order valence-corrected chi connectivity index (χ1v) is 10.9. The van der Waals surface area contributed by atoms with Gasteiger partial charge in [-0.3, -0.25) is 4.79 Å². The Labute approximate surface area is 192 Å². The smallest absolute Gasteiger partial charge is 0.257 e. The van der Waals surface area contributed by atoms with E-state index in [-0.39, 0.29) is 29.7 Å². The van der Waals surface area contributed by atoms with Gasteiger partial charge >= 0.3 is 0 Å². The van der Waals surface area contributed by atoms with Crippen molar-refractivity contribution >= 4 is 17.7 Å². The maximum atomic E-state index is 13.1. The van der Waals surface area contributed by atoms with Gasteiger partial charge in [-0.2, -0.15) is 4.98 Å². The van der Waals surface area contributed by atoms with Crippen LogP contribution in [-0.4, -0.2) is 47.0 Å². The van der Waals surface area contributed by atoms with Crippen molar-refractivity contribution in [3.8, 4) is 11.6 Å². The molecule has 0 saturated heterocycles. The molecule has 8 nitrogen and oxygen atoms in total. The van der Waals surface area contributed by atoms with Crippen molar-refractivity contribution < 1.29 is 13.9 Å². The largest absolute Gasteiger partial charge is 0.438 e. The highest BCUT2D eigenvalue weighted by Gasteiger charge is 2.25. The molecule has 9 heteroatoms. The molecule has 0 bridgehead atoms. The average Bonchev–Trinajstić information content (AvgIpc) is 2.82. The highest BCUT2D eigenvalue weighted by molar-refractivity contribution is 5.96. The van der Waals surface area contributed by atoms with Gasteiger partial charge in [0.2, 0.25) is 11.8 Å². The van der Waals surface area contributed by atoms with Crippen LogP contribution in [0, 0.1) is 5.82 Å². The van der Waals surface area contributed by atoms with E-state index in [1.54, 1.807) is 24.5 Å². The first kappa shape index (κ1) is 22.4. The standard InChI is InChI=1S/C24H27FN6O2/c1-31(2)21-13-15-27-24(30-21)29-18-9-7-17(8-10-18)28-22(32)20-4-3-14-26-23(20)33-19-11-5-16(25)6-12-19/h3-6,11-15,17-18H,7-10H2,1-2H3,(H,28,32)(H,27,29,30). The summed E-state index contributed by atoms with van der Waals surface area (Å²) in [6.07, 6.45) is 6.77. The van der Waals surface area contributed by atoms with Gasteiger partial charge in [-0.15, -0.1) is 0 Å². The number of nitrogens with zero attached hydrogens (tertiary/aromatic N) is 4. The summed E-state index contributed by atoms with van der Waals surface area (Å²) in [4.78, 5) is 27.9. The van der Waals surface area contributed by atoms with E-state index < -0.39 is 0 Å². The summed E-state index contributed by atoms with van der Waals surface area (Å²) in [7, 11) is 3.89. The molecule has 1 aliphatic carbocycles. The number of rotatable bonds is 7. The topological polar surface area (TPSA) is 92.3 Å². The molecule has 4 rings (SSSR count). The second-order valence-corrected chi connectivity index (χ2v) is 8.21. The van der Waals surface area contributed by atoms with Crippen molar-refractivity contribution in [1.29, 1.82) is 0 Å². The van der Waals surface area contributed by atoms with Crippen LogP contribution in [0.15, 0.2) is 54.9 Å². The molecule has 1 aliphatic rings. The van der Waals surface area contributed by atoms with E-state index in [0.717, 1.165) is 31.5 Å². The number of nitrogens with one attached hydrogen (secondary N) is 2. The van der Waals surface area contributed by atoms with Crippen LogP contribution in [0.5, 0.6) is 11.6 Å². The Bertz CT molecular complexity index is 1080. The van der Waals surface area contributed by atoms with Gasteiger partial charge in [0.05, 0.1) is 0 Å². The number of hydrogen-bond acceptors (Lipinski definition) is 7. The zero-order chi connectivity index (χ0) is 23.2. The van der Waals surface area contributed by atoms with Gasteiger partial charge in [-0.1, -0.05) is 0 Å². The molecule has 3 aromatic rings.